The fourth-order valence-electron chi connectivity index (χ4n) is 2.80. The molecule has 0 N–H and O–H groups in total. The predicted octanol–water partition coefficient (Wildman–Crippen LogP) is 4.29. The molecule has 1 rings (SSSR count). The van der Waals surface area contributed by atoms with E-state index in [9.17, 15) is 4.79 Å². The molecule has 1 aliphatic carbocycles. The smallest absolute Gasteiger partial charge is 0.309 e. The van der Waals surface area contributed by atoms with Gasteiger partial charge in [0.25, 0.3) is 0 Å². The molecule has 3 atom stereocenters. The number of hydrogen-bond donors (Lipinski definition) is 0. The average molecular weight is 262 g/mol. The zero-order valence-corrected chi connectivity index (χ0v) is 12.8. The molecule has 0 heterocycles. The van der Waals surface area contributed by atoms with Crippen LogP contribution >= 0.6 is 0 Å². The Bertz CT molecular complexity index is 417. The van der Waals surface area contributed by atoms with Gasteiger partial charge in [0.1, 0.15) is 0 Å². The average Bonchev–Trinajstić information content (AvgIpc) is 2.33. The molecule has 0 saturated carbocycles. The van der Waals surface area contributed by atoms with E-state index in [0.717, 1.165) is 17.6 Å². The predicted molar refractivity (Wildman–Crippen MR) is 79.7 cm³/mol. The molecule has 106 valence electrons. The van der Waals surface area contributed by atoms with E-state index < -0.39 is 5.60 Å². The van der Waals surface area contributed by atoms with Crippen LogP contribution in [0.2, 0.25) is 0 Å². The first-order valence-corrected chi connectivity index (χ1v) is 6.95. The summed E-state index contributed by atoms with van der Waals surface area (Å²) in [7, 11) is 0. The van der Waals surface area contributed by atoms with E-state index in [1.165, 1.54) is 0 Å². The Morgan fingerprint density at radius 2 is 2.16 bits per heavy atom. The molecular weight excluding hydrogens is 236 g/mol. The first-order valence-electron chi connectivity index (χ1n) is 6.95. The maximum Gasteiger partial charge on any atom is 0.309 e. The van der Waals surface area contributed by atoms with Crippen LogP contribution in [0, 0.1) is 17.8 Å². The van der Waals surface area contributed by atoms with Crippen LogP contribution in [0.25, 0.3) is 0 Å². The highest BCUT2D eigenvalue weighted by atomic mass is 16.6. The lowest BCUT2D eigenvalue weighted by Gasteiger charge is -2.44. The summed E-state index contributed by atoms with van der Waals surface area (Å²) in [5.74, 6) is 0.167. The lowest BCUT2D eigenvalue weighted by molar-refractivity contribution is -0.161. The lowest BCUT2D eigenvalue weighted by atomic mass is 9.67. The maximum atomic E-state index is 12.0. The van der Waals surface area contributed by atoms with Crippen LogP contribution in [0.5, 0.6) is 0 Å². The summed E-state index contributed by atoms with van der Waals surface area (Å²) in [5, 5.41) is 0. The number of hydrogen-bond acceptors (Lipinski definition) is 2. The van der Waals surface area contributed by atoms with Crippen molar-refractivity contribution in [1.29, 1.82) is 0 Å². The first-order chi connectivity index (χ1) is 8.76. The van der Waals surface area contributed by atoms with Crippen LogP contribution in [0.4, 0.5) is 0 Å². The van der Waals surface area contributed by atoms with Gasteiger partial charge in [-0.05, 0) is 37.8 Å². The third-order valence-electron chi connectivity index (χ3n) is 4.25. The second-order valence-electron chi connectivity index (χ2n) is 5.94. The van der Waals surface area contributed by atoms with Crippen molar-refractivity contribution in [2.75, 3.05) is 0 Å². The Kier molecular flexibility index (Phi) is 4.78. The van der Waals surface area contributed by atoms with E-state index in [2.05, 4.69) is 26.2 Å². The molecule has 0 aromatic carbocycles. The normalized spacial score (nSPS) is 30.7. The monoisotopic (exact) mass is 262 g/mol. The van der Waals surface area contributed by atoms with E-state index in [1.807, 2.05) is 27.7 Å². The molecule has 2 heteroatoms. The molecule has 0 spiro atoms. The maximum absolute atomic E-state index is 12.0. The molecule has 0 bridgehead atoms. The van der Waals surface area contributed by atoms with Gasteiger partial charge >= 0.3 is 5.97 Å². The van der Waals surface area contributed by atoms with Crippen LogP contribution < -0.4 is 0 Å². The van der Waals surface area contributed by atoms with Crippen molar-refractivity contribution in [3.05, 3.63) is 36.5 Å². The highest BCUT2D eigenvalue weighted by Crippen LogP contribution is 2.44. The van der Waals surface area contributed by atoms with Crippen LogP contribution in [-0.4, -0.2) is 11.6 Å². The Hall–Kier alpha value is -1.31. The summed E-state index contributed by atoms with van der Waals surface area (Å²) in [4.78, 5) is 12.0. The summed E-state index contributed by atoms with van der Waals surface area (Å²) in [6.45, 7) is 17.8. The van der Waals surface area contributed by atoms with Crippen LogP contribution in [-0.2, 0) is 9.53 Å². The third kappa shape index (κ3) is 2.83. The van der Waals surface area contributed by atoms with Gasteiger partial charge in [0.15, 0.2) is 5.60 Å². The Balaban J connectivity index is 3.18. The molecule has 0 saturated heterocycles. The fourth-order valence-corrected chi connectivity index (χ4v) is 2.80. The zero-order valence-electron chi connectivity index (χ0n) is 12.8. The fraction of sp³-hybridized carbons (Fsp3) is 0.588. The van der Waals surface area contributed by atoms with E-state index in [4.69, 9.17) is 4.74 Å². The zero-order chi connectivity index (χ0) is 14.8. The molecule has 0 amide bonds. The van der Waals surface area contributed by atoms with Crippen molar-refractivity contribution in [2.24, 2.45) is 17.8 Å². The molecule has 0 fully saturated rings. The van der Waals surface area contributed by atoms with Crippen molar-refractivity contribution in [3.63, 3.8) is 0 Å². The van der Waals surface area contributed by atoms with Crippen molar-refractivity contribution >= 4 is 5.97 Å². The van der Waals surface area contributed by atoms with E-state index in [0.29, 0.717) is 5.92 Å². The molecule has 0 unspecified atom stereocenters. The van der Waals surface area contributed by atoms with Crippen LogP contribution in [0.15, 0.2) is 36.5 Å². The van der Waals surface area contributed by atoms with E-state index in [1.54, 1.807) is 6.08 Å². The second kappa shape index (κ2) is 5.77. The number of carbonyl (C=O) groups excluding carboxylic acids is 1. The van der Waals surface area contributed by atoms with Gasteiger partial charge < -0.3 is 4.74 Å². The molecule has 0 aromatic heterocycles. The van der Waals surface area contributed by atoms with Crippen molar-refractivity contribution in [2.45, 2.75) is 46.6 Å². The number of allylic oxidation sites excluding steroid dienone is 2. The number of esters is 1. The van der Waals surface area contributed by atoms with Crippen LogP contribution in [0.3, 0.4) is 0 Å². The quantitative estimate of drug-likeness (QED) is 0.558. The van der Waals surface area contributed by atoms with Crippen molar-refractivity contribution < 1.29 is 9.53 Å². The highest BCUT2D eigenvalue weighted by Gasteiger charge is 2.45. The Morgan fingerprint density at radius 3 is 2.58 bits per heavy atom. The standard InChI is InChI=1S/C17H26O2/c1-8-17(19-16(18)12(4)5)13(6)9-10-15(11(2)3)14(17)7/h8-9,12,14-15H,1-2,10H2,3-7H3/t14-,15-,17+/m1/s1. The molecular formula is C17H26O2. The van der Waals surface area contributed by atoms with Gasteiger partial charge in [-0.1, -0.05) is 45.6 Å². The largest absolute Gasteiger partial charge is 0.450 e. The summed E-state index contributed by atoms with van der Waals surface area (Å²) >= 11 is 0. The molecule has 19 heavy (non-hydrogen) atoms. The van der Waals surface area contributed by atoms with E-state index >= 15 is 0 Å². The third-order valence-corrected chi connectivity index (χ3v) is 4.25. The van der Waals surface area contributed by atoms with Gasteiger partial charge in [-0.2, -0.15) is 0 Å². The minimum Gasteiger partial charge on any atom is -0.450 e. The van der Waals surface area contributed by atoms with Crippen molar-refractivity contribution in [1.82, 2.24) is 0 Å². The number of ether oxygens (including phenoxy) is 1. The lowest BCUT2D eigenvalue weighted by Crippen LogP contribution is -2.47. The summed E-state index contributed by atoms with van der Waals surface area (Å²) in [6.07, 6.45) is 4.88. The van der Waals surface area contributed by atoms with Gasteiger partial charge in [0.2, 0.25) is 0 Å². The molecule has 2 nitrogen and oxygen atoms in total. The Morgan fingerprint density at radius 1 is 1.58 bits per heavy atom. The first kappa shape index (κ1) is 15.7. The minimum absolute atomic E-state index is 0.137. The molecule has 0 aliphatic heterocycles. The molecule has 1 aliphatic rings. The van der Waals surface area contributed by atoms with Crippen LogP contribution in [0.1, 0.15) is 41.0 Å². The summed E-state index contributed by atoms with van der Waals surface area (Å²) in [6, 6.07) is 0. The minimum atomic E-state index is -0.691. The summed E-state index contributed by atoms with van der Waals surface area (Å²) < 4.78 is 5.83. The topological polar surface area (TPSA) is 26.3 Å². The Labute approximate surface area is 117 Å². The summed E-state index contributed by atoms with van der Waals surface area (Å²) in [5.41, 5.74) is 1.51. The van der Waals surface area contributed by atoms with Gasteiger partial charge in [0.05, 0.1) is 5.92 Å². The van der Waals surface area contributed by atoms with Gasteiger partial charge in [-0.15, -0.1) is 0 Å². The van der Waals surface area contributed by atoms with Gasteiger partial charge in [0, 0.05) is 5.92 Å². The molecule has 0 aromatic rings. The van der Waals surface area contributed by atoms with E-state index in [-0.39, 0.29) is 17.8 Å². The number of rotatable bonds is 4. The second-order valence-corrected chi connectivity index (χ2v) is 5.94. The SMILES string of the molecule is C=C[C@]1(OC(=O)C(C)C)C(C)=CC[C@H](C(=C)C)[C@H]1C. The molecule has 0 radical (unpaired) electrons. The number of carbonyl (C=O) groups is 1. The van der Waals surface area contributed by atoms with Gasteiger partial charge in [-0.3, -0.25) is 4.79 Å². The van der Waals surface area contributed by atoms with Crippen molar-refractivity contribution in [3.8, 4) is 0 Å². The highest BCUT2D eigenvalue weighted by molar-refractivity contribution is 5.73. The van der Waals surface area contributed by atoms with Gasteiger partial charge in [-0.25, -0.2) is 0 Å².